The Kier molecular flexibility index (Phi) is 7.07. The van der Waals surface area contributed by atoms with Gasteiger partial charge >= 0.3 is 5.97 Å². The first kappa shape index (κ1) is 14.8. The van der Waals surface area contributed by atoms with Crippen LogP contribution in [0.25, 0.3) is 0 Å². The number of esters is 1. The van der Waals surface area contributed by atoms with Gasteiger partial charge in [0.25, 0.3) is 0 Å². The summed E-state index contributed by atoms with van der Waals surface area (Å²) in [6.45, 7) is 10.9. The van der Waals surface area contributed by atoms with E-state index in [0.717, 1.165) is 12.2 Å². The van der Waals surface area contributed by atoms with Crippen LogP contribution in [0.15, 0.2) is 0 Å². The van der Waals surface area contributed by atoms with Gasteiger partial charge in [0.2, 0.25) is 0 Å². The lowest BCUT2D eigenvalue weighted by molar-refractivity contribution is -0.146. The highest BCUT2D eigenvalue weighted by atomic mass is 32.2. The van der Waals surface area contributed by atoms with Crippen molar-refractivity contribution in [3.8, 4) is 0 Å². The predicted octanol–water partition coefficient (Wildman–Crippen LogP) is 3.50. The number of carbonyl (C=O) groups is 1. The van der Waals surface area contributed by atoms with Gasteiger partial charge in [-0.3, -0.25) is 4.79 Å². The lowest BCUT2D eigenvalue weighted by atomic mass is 9.99. The summed E-state index contributed by atoms with van der Waals surface area (Å²) in [4.78, 5) is 11.4. The minimum atomic E-state index is -0.0685. The smallest absolute Gasteiger partial charge is 0.306 e. The number of thioether (sulfide) groups is 1. The van der Waals surface area contributed by atoms with Gasteiger partial charge in [-0.25, -0.2) is 0 Å². The maximum Gasteiger partial charge on any atom is 0.306 e. The molecule has 0 bridgehead atoms. The first-order valence-electron chi connectivity index (χ1n) is 5.62. The van der Waals surface area contributed by atoms with Crippen molar-refractivity contribution in [1.29, 1.82) is 0 Å². The molecule has 0 amide bonds. The van der Waals surface area contributed by atoms with Crippen molar-refractivity contribution in [3.63, 3.8) is 0 Å². The highest BCUT2D eigenvalue weighted by Crippen LogP contribution is 2.17. The molecule has 0 fully saturated rings. The van der Waals surface area contributed by atoms with Crippen molar-refractivity contribution < 1.29 is 9.53 Å². The van der Waals surface area contributed by atoms with E-state index in [2.05, 4.69) is 34.6 Å². The molecule has 0 spiro atoms. The summed E-state index contributed by atoms with van der Waals surface area (Å²) in [7, 11) is 0. The Morgan fingerprint density at radius 3 is 2.47 bits per heavy atom. The summed E-state index contributed by atoms with van der Waals surface area (Å²) in [5.74, 6) is 1.05. The molecule has 90 valence electrons. The van der Waals surface area contributed by atoms with Crippen molar-refractivity contribution in [2.24, 2.45) is 5.41 Å². The van der Waals surface area contributed by atoms with E-state index in [-0.39, 0.29) is 11.4 Å². The summed E-state index contributed by atoms with van der Waals surface area (Å²) in [6, 6.07) is 0. The second kappa shape index (κ2) is 7.15. The molecule has 0 radical (unpaired) electrons. The molecule has 0 aliphatic heterocycles. The topological polar surface area (TPSA) is 26.3 Å². The van der Waals surface area contributed by atoms with Gasteiger partial charge in [-0.15, -0.1) is 0 Å². The van der Waals surface area contributed by atoms with E-state index in [1.54, 1.807) is 0 Å². The van der Waals surface area contributed by atoms with Gasteiger partial charge in [0.05, 0.1) is 13.0 Å². The minimum Gasteiger partial charge on any atom is -0.465 e. The molecule has 1 atom stereocenters. The normalized spacial score (nSPS) is 13.7. The third-order valence-corrected chi connectivity index (χ3v) is 3.11. The highest BCUT2D eigenvalue weighted by Gasteiger charge is 2.15. The van der Waals surface area contributed by atoms with E-state index < -0.39 is 0 Å². The molecule has 0 heterocycles. The summed E-state index contributed by atoms with van der Waals surface area (Å²) in [5, 5.41) is 0.373. The van der Waals surface area contributed by atoms with Crippen molar-refractivity contribution in [2.45, 2.75) is 52.7 Å². The summed E-state index contributed by atoms with van der Waals surface area (Å²) in [6.07, 6.45) is 1.69. The van der Waals surface area contributed by atoms with E-state index in [4.69, 9.17) is 4.74 Å². The van der Waals surface area contributed by atoms with Crippen LogP contribution in [0.1, 0.15) is 47.5 Å². The Morgan fingerprint density at radius 2 is 2.00 bits per heavy atom. The van der Waals surface area contributed by atoms with Crippen LogP contribution in [-0.4, -0.2) is 23.6 Å². The molecular formula is C12H24O2S. The Bertz CT molecular complexity index is 185. The Hall–Kier alpha value is -0.180. The number of carbonyl (C=O) groups excluding carboxylic acids is 1. The Morgan fingerprint density at radius 1 is 1.40 bits per heavy atom. The molecule has 2 nitrogen and oxygen atoms in total. The molecular weight excluding hydrogens is 208 g/mol. The SMILES string of the molecule is CCCSC(C)CC(=O)OCC(C)(C)C. The van der Waals surface area contributed by atoms with Gasteiger partial charge in [-0.2, -0.15) is 11.8 Å². The molecule has 0 aliphatic carbocycles. The number of hydrogen-bond acceptors (Lipinski definition) is 3. The van der Waals surface area contributed by atoms with E-state index in [9.17, 15) is 4.79 Å². The average molecular weight is 232 g/mol. The molecule has 0 aromatic carbocycles. The number of rotatable bonds is 6. The Balaban J connectivity index is 3.64. The van der Waals surface area contributed by atoms with Gasteiger partial charge in [0, 0.05) is 5.25 Å². The monoisotopic (exact) mass is 232 g/mol. The fraction of sp³-hybridized carbons (Fsp3) is 0.917. The van der Waals surface area contributed by atoms with E-state index in [1.807, 2.05) is 11.8 Å². The molecule has 15 heavy (non-hydrogen) atoms. The fourth-order valence-electron chi connectivity index (χ4n) is 0.969. The maximum atomic E-state index is 11.4. The van der Waals surface area contributed by atoms with Crippen LogP contribution >= 0.6 is 11.8 Å². The molecule has 3 heteroatoms. The van der Waals surface area contributed by atoms with E-state index in [1.165, 1.54) is 0 Å². The summed E-state index contributed by atoms with van der Waals surface area (Å²) in [5.41, 5.74) is 0.0649. The van der Waals surface area contributed by atoms with E-state index in [0.29, 0.717) is 18.3 Å². The fourth-order valence-corrected chi connectivity index (χ4v) is 1.86. The van der Waals surface area contributed by atoms with Crippen molar-refractivity contribution >= 4 is 17.7 Å². The third-order valence-electron chi connectivity index (χ3n) is 1.73. The zero-order valence-corrected chi connectivity index (χ0v) is 11.4. The van der Waals surface area contributed by atoms with Gasteiger partial charge in [0.1, 0.15) is 0 Å². The van der Waals surface area contributed by atoms with Crippen LogP contribution in [0.3, 0.4) is 0 Å². The molecule has 0 N–H and O–H groups in total. The maximum absolute atomic E-state index is 11.4. The Labute approximate surface area is 98.2 Å². The van der Waals surface area contributed by atoms with Crippen LogP contribution < -0.4 is 0 Å². The van der Waals surface area contributed by atoms with Crippen LogP contribution in [0.5, 0.6) is 0 Å². The number of hydrogen-bond donors (Lipinski definition) is 0. The zero-order chi connectivity index (χ0) is 11.9. The average Bonchev–Trinajstić information content (AvgIpc) is 2.10. The summed E-state index contributed by atoms with van der Waals surface area (Å²) >= 11 is 1.84. The zero-order valence-electron chi connectivity index (χ0n) is 10.6. The van der Waals surface area contributed by atoms with Gasteiger partial charge in [0.15, 0.2) is 0 Å². The summed E-state index contributed by atoms with van der Waals surface area (Å²) < 4.78 is 5.20. The minimum absolute atomic E-state index is 0.0649. The van der Waals surface area contributed by atoms with Crippen LogP contribution in [0, 0.1) is 5.41 Å². The standard InChI is InChI=1S/C12H24O2S/c1-6-7-15-10(2)8-11(13)14-9-12(3,4)5/h10H,6-9H2,1-5H3. The van der Waals surface area contributed by atoms with Crippen LogP contribution in [0.4, 0.5) is 0 Å². The van der Waals surface area contributed by atoms with Crippen molar-refractivity contribution in [1.82, 2.24) is 0 Å². The molecule has 0 saturated carbocycles. The number of ether oxygens (including phenoxy) is 1. The molecule has 0 saturated heterocycles. The second-order valence-corrected chi connectivity index (χ2v) is 6.65. The van der Waals surface area contributed by atoms with E-state index >= 15 is 0 Å². The van der Waals surface area contributed by atoms with Crippen molar-refractivity contribution in [3.05, 3.63) is 0 Å². The highest BCUT2D eigenvalue weighted by molar-refractivity contribution is 7.99. The molecule has 1 unspecified atom stereocenters. The first-order chi connectivity index (χ1) is 6.85. The molecule has 0 aromatic heterocycles. The van der Waals surface area contributed by atoms with Gasteiger partial charge in [-0.1, -0.05) is 34.6 Å². The quantitative estimate of drug-likeness (QED) is 0.656. The predicted molar refractivity (Wildman–Crippen MR) is 67.2 cm³/mol. The van der Waals surface area contributed by atoms with Crippen molar-refractivity contribution in [2.75, 3.05) is 12.4 Å². The van der Waals surface area contributed by atoms with Gasteiger partial charge < -0.3 is 4.74 Å². The molecule has 0 aliphatic rings. The lowest BCUT2D eigenvalue weighted by Gasteiger charge is -2.18. The van der Waals surface area contributed by atoms with Crippen LogP contribution in [0.2, 0.25) is 0 Å². The van der Waals surface area contributed by atoms with Crippen LogP contribution in [-0.2, 0) is 9.53 Å². The second-order valence-electron chi connectivity index (χ2n) is 5.11. The molecule has 0 rings (SSSR count). The first-order valence-corrected chi connectivity index (χ1v) is 6.67. The largest absolute Gasteiger partial charge is 0.465 e. The molecule has 0 aromatic rings. The van der Waals surface area contributed by atoms with Gasteiger partial charge in [-0.05, 0) is 17.6 Å². The lowest BCUT2D eigenvalue weighted by Crippen LogP contribution is -2.20. The third kappa shape index (κ3) is 10.1.